The molecule has 6 nitrogen and oxygen atoms in total. The number of rotatable bonds is 8. The maximum Gasteiger partial charge on any atom is 0.282 e. The van der Waals surface area contributed by atoms with Crippen LogP contribution in [-0.2, 0) is 4.79 Å². The van der Waals surface area contributed by atoms with Gasteiger partial charge in [-0.3, -0.25) is 9.59 Å². The van der Waals surface area contributed by atoms with Crippen molar-refractivity contribution in [2.45, 2.75) is 26.8 Å². The van der Waals surface area contributed by atoms with E-state index in [1.54, 1.807) is 4.90 Å². The van der Waals surface area contributed by atoms with Gasteiger partial charge >= 0.3 is 0 Å². The highest BCUT2D eigenvalue weighted by atomic mass is 32.2. The second-order valence-corrected chi connectivity index (χ2v) is 6.44. The number of hydrogen-bond donors (Lipinski definition) is 1. The fourth-order valence-electron chi connectivity index (χ4n) is 2.45. The highest BCUT2D eigenvalue weighted by molar-refractivity contribution is 8.13. The lowest BCUT2D eigenvalue weighted by Crippen LogP contribution is -2.38. The molecule has 132 valence electrons. The molecule has 1 aliphatic rings. The van der Waals surface area contributed by atoms with Crippen LogP contribution in [0, 0.1) is 0 Å². The van der Waals surface area contributed by atoms with Gasteiger partial charge in [-0.2, -0.15) is 0 Å². The van der Waals surface area contributed by atoms with Gasteiger partial charge in [0.1, 0.15) is 6.54 Å². The summed E-state index contributed by atoms with van der Waals surface area (Å²) in [6.07, 6.45) is 0. The zero-order chi connectivity index (χ0) is 17.5. The zero-order valence-electron chi connectivity index (χ0n) is 14.3. The lowest BCUT2D eigenvalue weighted by molar-refractivity contribution is -0.122. The summed E-state index contributed by atoms with van der Waals surface area (Å²) in [7, 11) is 0. The summed E-state index contributed by atoms with van der Waals surface area (Å²) in [4.78, 5) is 25.3. The topological polar surface area (TPSA) is 67.9 Å². The van der Waals surface area contributed by atoms with Crippen LogP contribution in [0.1, 0.15) is 32.4 Å². The molecular formula is C17H24N2O4S. The molecule has 1 aromatic rings. The Labute approximate surface area is 146 Å². The minimum Gasteiger partial charge on any atom is -0.490 e. The maximum atomic E-state index is 12.1. The van der Waals surface area contributed by atoms with E-state index < -0.39 is 0 Å². The molecule has 2 rings (SSSR count). The van der Waals surface area contributed by atoms with Crippen LogP contribution < -0.4 is 14.8 Å². The summed E-state index contributed by atoms with van der Waals surface area (Å²) in [5, 5.41) is 2.90. The number of thioether (sulfide) groups is 1. The van der Waals surface area contributed by atoms with Gasteiger partial charge in [-0.15, -0.1) is 0 Å². The number of hydrogen-bond acceptors (Lipinski definition) is 5. The first kappa shape index (κ1) is 18.4. The molecule has 0 unspecified atom stereocenters. The van der Waals surface area contributed by atoms with E-state index >= 15 is 0 Å². The van der Waals surface area contributed by atoms with Crippen molar-refractivity contribution >= 4 is 22.9 Å². The molecule has 1 fully saturated rings. The summed E-state index contributed by atoms with van der Waals surface area (Å²) in [5.41, 5.74) is 0.928. The summed E-state index contributed by atoms with van der Waals surface area (Å²) < 4.78 is 11.2. The molecule has 0 bridgehead atoms. The fraction of sp³-hybridized carbons (Fsp3) is 0.529. The van der Waals surface area contributed by atoms with Crippen LogP contribution in [0.25, 0.3) is 0 Å². The second kappa shape index (κ2) is 8.82. The normalized spacial score (nSPS) is 15.3. The third-order valence-electron chi connectivity index (χ3n) is 3.62. The average Bonchev–Trinajstić information content (AvgIpc) is 2.94. The molecule has 2 amide bonds. The van der Waals surface area contributed by atoms with Gasteiger partial charge in [-0.05, 0) is 38.5 Å². The van der Waals surface area contributed by atoms with Crippen molar-refractivity contribution in [2.75, 3.05) is 32.1 Å². The van der Waals surface area contributed by atoms with Gasteiger partial charge in [-0.1, -0.05) is 17.8 Å². The summed E-state index contributed by atoms with van der Waals surface area (Å²) >= 11 is 1.25. The third-order valence-corrected chi connectivity index (χ3v) is 4.52. The Balaban J connectivity index is 2.00. The van der Waals surface area contributed by atoms with Gasteiger partial charge in [0.2, 0.25) is 5.91 Å². The van der Waals surface area contributed by atoms with Gasteiger partial charge in [0.25, 0.3) is 5.24 Å². The van der Waals surface area contributed by atoms with Crippen LogP contribution in [-0.4, -0.2) is 48.1 Å². The Morgan fingerprint density at radius 3 is 2.62 bits per heavy atom. The van der Waals surface area contributed by atoms with Gasteiger partial charge in [-0.25, -0.2) is 0 Å². The van der Waals surface area contributed by atoms with Gasteiger partial charge in [0.15, 0.2) is 11.5 Å². The lowest BCUT2D eigenvalue weighted by Gasteiger charge is -2.19. The molecule has 1 heterocycles. The van der Waals surface area contributed by atoms with Crippen LogP contribution >= 0.6 is 11.8 Å². The molecule has 0 aromatic heterocycles. The molecule has 24 heavy (non-hydrogen) atoms. The molecule has 0 radical (unpaired) electrons. The van der Waals surface area contributed by atoms with Crippen molar-refractivity contribution in [3.8, 4) is 11.5 Å². The largest absolute Gasteiger partial charge is 0.490 e. The highest BCUT2D eigenvalue weighted by Crippen LogP contribution is 2.30. The second-order valence-electron chi connectivity index (χ2n) is 5.40. The number of carbonyl (C=O) groups excluding carboxylic acids is 2. The number of nitrogens with one attached hydrogen (secondary N) is 1. The fourth-order valence-corrected chi connectivity index (χ4v) is 3.27. The molecule has 1 aliphatic heterocycles. The predicted octanol–water partition coefficient (Wildman–Crippen LogP) is 2.83. The number of amides is 2. The van der Waals surface area contributed by atoms with E-state index in [2.05, 4.69) is 5.32 Å². The first-order valence-corrected chi connectivity index (χ1v) is 9.14. The summed E-state index contributed by atoms with van der Waals surface area (Å²) in [5.74, 6) is 1.95. The molecule has 0 aliphatic carbocycles. The molecular weight excluding hydrogens is 328 g/mol. The van der Waals surface area contributed by atoms with Gasteiger partial charge in [0.05, 0.1) is 19.3 Å². The van der Waals surface area contributed by atoms with E-state index in [4.69, 9.17) is 9.47 Å². The molecule has 7 heteroatoms. The van der Waals surface area contributed by atoms with Crippen LogP contribution in [0.2, 0.25) is 0 Å². The Morgan fingerprint density at radius 2 is 2.00 bits per heavy atom. The number of benzene rings is 1. The quantitative estimate of drug-likeness (QED) is 0.779. The Bertz CT molecular complexity index is 594. The van der Waals surface area contributed by atoms with Crippen LogP contribution in [0.3, 0.4) is 0 Å². The third kappa shape index (κ3) is 4.80. The standard InChI is InChI=1S/C17H24N2O4S/c1-4-22-14-7-6-13(10-15(14)23-5-2)12(3)18-16(20)11-19-8-9-24-17(19)21/h6-7,10,12H,4-5,8-9,11H2,1-3H3,(H,18,20)/t12-/m0/s1. The monoisotopic (exact) mass is 352 g/mol. The van der Waals surface area contributed by atoms with Crippen molar-refractivity contribution in [3.05, 3.63) is 23.8 Å². The van der Waals surface area contributed by atoms with Crippen LogP contribution in [0.4, 0.5) is 4.79 Å². The van der Waals surface area contributed by atoms with Crippen molar-refractivity contribution in [3.63, 3.8) is 0 Å². The summed E-state index contributed by atoms with van der Waals surface area (Å²) in [6, 6.07) is 5.47. The lowest BCUT2D eigenvalue weighted by atomic mass is 10.1. The Hall–Kier alpha value is -1.89. The molecule has 0 spiro atoms. The van der Waals surface area contributed by atoms with Gasteiger partial charge in [0, 0.05) is 12.3 Å². The zero-order valence-corrected chi connectivity index (χ0v) is 15.1. The van der Waals surface area contributed by atoms with E-state index in [-0.39, 0.29) is 23.7 Å². The molecule has 1 N–H and O–H groups in total. The van der Waals surface area contributed by atoms with E-state index in [0.29, 0.717) is 31.3 Å². The van der Waals surface area contributed by atoms with Crippen molar-refractivity contribution in [2.24, 2.45) is 0 Å². The molecule has 0 saturated carbocycles. The van der Waals surface area contributed by atoms with Crippen molar-refractivity contribution in [1.82, 2.24) is 10.2 Å². The van der Waals surface area contributed by atoms with Crippen LogP contribution in [0.5, 0.6) is 11.5 Å². The maximum absolute atomic E-state index is 12.1. The van der Waals surface area contributed by atoms with E-state index in [9.17, 15) is 9.59 Å². The smallest absolute Gasteiger partial charge is 0.282 e. The highest BCUT2D eigenvalue weighted by Gasteiger charge is 2.24. The van der Waals surface area contributed by atoms with Gasteiger partial charge < -0.3 is 19.7 Å². The van der Waals surface area contributed by atoms with Crippen molar-refractivity contribution < 1.29 is 19.1 Å². The number of carbonyl (C=O) groups is 2. The molecule has 1 atom stereocenters. The minimum absolute atomic E-state index is 0.0301. The van der Waals surface area contributed by atoms with E-state index in [0.717, 1.165) is 11.3 Å². The first-order valence-electron chi connectivity index (χ1n) is 8.15. The summed E-state index contributed by atoms with van der Waals surface area (Å²) in [6.45, 7) is 7.58. The predicted molar refractivity (Wildman–Crippen MR) is 94.8 cm³/mol. The van der Waals surface area contributed by atoms with E-state index in [1.165, 1.54) is 11.8 Å². The first-order chi connectivity index (χ1) is 11.5. The average molecular weight is 352 g/mol. The Kier molecular flexibility index (Phi) is 6.78. The van der Waals surface area contributed by atoms with Crippen LogP contribution in [0.15, 0.2) is 18.2 Å². The number of ether oxygens (including phenoxy) is 2. The number of nitrogens with zero attached hydrogens (tertiary/aromatic N) is 1. The van der Waals surface area contributed by atoms with Crippen molar-refractivity contribution in [1.29, 1.82) is 0 Å². The molecule has 1 saturated heterocycles. The Morgan fingerprint density at radius 1 is 1.29 bits per heavy atom. The minimum atomic E-state index is -0.183. The van der Waals surface area contributed by atoms with E-state index in [1.807, 2.05) is 39.0 Å². The SMILES string of the molecule is CCOc1ccc([C@H](C)NC(=O)CN2CCSC2=O)cc1OCC. The molecule has 1 aromatic carbocycles.